The zero-order valence-electron chi connectivity index (χ0n) is 16.8. The number of imidazole rings is 1. The third-order valence-corrected chi connectivity index (χ3v) is 5.41. The SMILES string of the molecule is COCCOc1cccc(C(=O)Nc2nc3ccccc3n2C2CCCCC2)c1. The first-order chi connectivity index (χ1) is 14.3. The van der Waals surface area contributed by atoms with Crippen LogP contribution in [-0.4, -0.2) is 35.8 Å². The number of hydrogen-bond acceptors (Lipinski definition) is 4. The van der Waals surface area contributed by atoms with Gasteiger partial charge in [-0.25, -0.2) is 4.98 Å². The summed E-state index contributed by atoms with van der Waals surface area (Å²) in [4.78, 5) is 17.7. The van der Waals surface area contributed by atoms with Gasteiger partial charge in [-0.05, 0) is 43.2 Å². The van der Waals surface area contributed by atoms with Gasteiger partial charge >= 0.3 is 0 Å². The summed E-state index contributed by atoms with van der Waals surface area (Å²) in [5.41, 5.74) is 2.53. The van der Waals surface area contributed by atoms with Crippen molar-refractivity contribution in [3.8, 4) is 5.75 Å². The van der Waals surface area contributed by atoms with Crippen LogP contribution < -0.4 is 10.1 Å². The van der Waals surface area contributed by atoms with Crippen molar-refractivity contribution in [1.29, 1.82) is 0 Å². The van der Waals surface area contributed by atoms with Crippen LogP contribution in [0.5, 0.6) is 5.75 Å². The van der Waals surface area contributed by atoms with E-state index < -0.39 is 0 Å². The summed E-state index contributed by atoms with van der Waals surface area (Å²) in [5, 5.41) is 3.04. The van der Waals surface area contributed by atoms with Crippen molar-refractivity contribution in [2.75, 3.05) is 25.6 Å². The standard InChI is InChI=1S/C23H27N3O3/c1-28-14-15-29-19-11-7-8-17(16-19)22(27)25-23-24-20-12-5-6-13-21(20)26(23)18-9-3-2-4-10-18/h5-8,11-13,16,18H,2-4,9-10,14-15H2,1H3,(H,24,25,27). The lowest BCUT2D eigenvalue weighted by atomic mass is 9.95. The number of carbonyl (C=O) groups is 1. The Kier molecular flexibility index (Phi) is 6.10. The lowest BCUT2D eigenvalue weighted by Crippen LogP contribution is -2.20. The molecule has 1 aliphatic carbocycles. The highest BCUT2D eigenvalue weighted by atomic mass is 16.5. The highest BCUT2D eigenvalue weighted by Crippen LogP contribution is 2.34. The van der Waals surface area contributed by atoms with Gasteiger partial charge in [-0.1, -0.05) is 37.5 Å². The highest BCUT2D eigenvalue weighted by Gasteiger charge is 2.22. The van der Waals surface area contributed by atoms with Crippen LogP contribution >= 0.6 is 0 Å². The van der Waals surface area contributed by atoms with Gasteiger partial charge < -0.3 is 14.0 Å². The number of amides is 1. The number of fused-ring (bicyclic) bond motifs is 1. The Labute approximate surface area is 170 Å². The summed E-state index contributed by atoms with van der Waals surface area (Å²) < 4.78 is 12.8. The second kappa shape index (κ2) is 9.09. The molecule has 1 N–H and O–H groups in total. The molecule has 0 saturated heterocycles. The summed E-state index contributed by atoms with van der Waals surface area (Å²) in [6.07, 6.45) is 5.94. The lowest BCUT2D eigenvalue weighted by molar-refractivity contribution is 0.102. The van der Waals surface area contributed by atoms with Crippen molar-refractivity contribution in [2.45, 2.75) is 38.1 Å². The minimum atomic E-state index is -0.186. The molecule has 29 heavy (non-hydrogen) atoms. The fraction of sp³-hybridized carbons (Fsp3) is 0.391. The number of para-hydroxylation sites is 2. The van der Waals surface area contributed by atoms with E-state index in [0.29, 0.717) is 36.5 Å². The van der Waals surface area contributed by atoms with Gasteiger partial charge in [0.25, 0.3) is 5.91 Å². The molecule has 0 unspecified atom stereocenters. The molecule has 0 bridgehead atoms. The molecule has 6 nitrogen and oxygen atoms in total. The largest absolute Gasteiger partial charge is 0.491 e. The predicted molar refractivity (Wildman–Crippen MR) is 114 cm³/mol. The summed E-state index contributed by atoms with van der Waals surface area (Å²) >= 11 is 0. The number of hydrogen-bond donors (Lipinski definition) is 1. The zero-order valence-corrected chi connectivity index (χ0v) is 16.8. The summed E-state index contributed by atoms with van der Waals surface area (Å²) in [7, 11) is 1.63. The van der Waals surface area contributed by atoms with Crippen LogP contribution in [0.4, 0.5) is 5.95 Å². The average molecular weight is 393 g/mol. The second-order valence-electron chi connectivity index (χ2n) is 7.41. The molecule has 0 atom stereocenters. The molecule has 0 spiro atoms. The summed E-state index contributed by atoms with van der Waals surface area (Å²) in [6, 6.07) is 15.6. The van der Waals surface area contributed by atoms with Crippen molar-refractivity contribution in [3.63, 3.8) is 0 Å². The lowest BCUT2D eigenvalue weighted by Gasteiger charge is -2.25. The van der Waals surface area contributed by atoms with Crippen LogP contribution in [-0.2, 0) is 4.74 Å². The van der Waals surface area contributed by atoms with E-state index in [1.54, 1.807) is 19.2 Å². The van der Waals surface area contributed by atoms with Gasteiger partial charge in [0.15, 0.2) is 0 Å². The van der Waals surface area contributed by atoms with Gasteiger partial charge in [-0.3, -0.25) is 10.1 Å². The topological polar surface area (TPSA) is 65.4 Å². The van der Waals surface area contributed by atoms with Gasteiger partial charge in [0.05, 0.1) is 17.6 Å². The fourth-order valence-corrected chi connectivity index (χ4v) is 3.99. The second-order valence-corrected chi connectivity index (χ2v) is 7.41. The van der Waals surface area contributed by atoms with E-state index in [0.717, 1.165) is 23.9 Å². The molecule has 1 heterocycles. The van der Waals surface area contributed by atoms with E-state index in [4.69, 9.17) is 14.5 Å². The molecular formula is C23H27N3O3. The van der Waals surface area contributed by atoms with Crippen molar-refractivity contribution in [3.05, 3.63) is 54.1 Å². The zero-order chi connectivity index (χ0) is 20.1. The first-order valence-electron chi connectivity index (χ1n) is 10.3. The van der Waals surface area contributed by atoms with Crippen molar-refractivity contribution < 1.29 is 14.3 Å². The number of anilines is 1. The van der Waals surface area contributed by atoms with Crippen LogP contribution in [0.25, 0.3) is 11.0 Å². The third-order valence-electron chi connectivity index (χ3n) is 5.41. The summed E-state index contributed by atoms with van der Waals surface area (Å²) in [6.45, 7) is 0.945. The maximum Gasteiger partial charge on any atom is 0.258 e. The molecular weight excluding hydrogens is 366 g/mol. The van der Waals surface area contributed by atoms with Crippen molar-refractivity contribution >= 4 is 22.9 Å². The van der Waals surface area contributed by atoms with E-state index in [2.05, 4.69) is 16.0 Å². The quantitative estimate of drug-likeness (QED) is 0.585. The van der Waals surface area contributed by atoms with Gasteiger partial charge in [-0.15, -0.1) is 0 Å². The van der Waals surface area contributed by atoms with E-state index in [9.17, 15) is 4.79 Å². The number of rotatable bonds is 7. The number of ether oxygens (including phenoxy) is 2. The first kappa shape index (κ1) is 19.5. The monoisotopic (exact) mass is 393 g/mol. The Morgan fingerprint density at radius 2 is 1.93 bits per heavy atom. The molecule has 4 rings (SSSR count). The Bertz CT molecular complexity index is 976. The maximum atomic E-state index is 13.0. The molecule has 1 amide bonds. The molecule has 1 aliphatic rings. The van der Waals surface area contributed by atoms with Crippen LogP contribution in [0, 0.1) is 0 Å². The predicted octanol–water partition coefficient (Wildman–Crippen LogP) is 4.82. The molecule has 0 aliphatic heterocycles. The number of carbonyl (C=O) groups excluding carboxylic acids is 1. The van der Waals surface area contributed by atoms with Gasteiger partial charge in [0.1, 0.15) is 12.4 Å². The van der Waals surface area contributed by atoms with E-state index in [1.165, 1.54) is 19.3 Å². The van der Waals surface area contributed by atoms with Crippen LogP contribution in [0.1, 0.15) is 48.5 Å². The Balaban J connectivity index is 1.59. The maximum absolute atomic E-state index is 13.0. The van der Waals surface area contributed by atoms with Crippen molar-refractivity contribution in [2.24, 2.45) is 0 Å². The molecule has 0 radical (unpaired) electrons. The van der Waals surface area contributed by atoms with Gasteiger partial charge in [-0.2, -0.15) is 0 Å². The smallest absolute Gasteiger partial charge is 0.258 e. The van der Waals surface area contributed by atoms with Crippen molar-refractivity contribution in [1.82, 2.24) is 9.55 Å². The Hall–Kier alpha value is -2.86. The molecule has 152 valence electrons. The third kappa shape index (κ3) is 4.43. The van der Waals surface area contributed by atoms with E-state index in [1.807, 2.05) is 30.3 Å². The number of methoxy groups -OCH3 is 1. The minimum absolute atomic E-state index is 0.186. The number of aromatic nitrogens is 2. The first-order valence-corrected chi connectivity index (χ1v) is 10.3. The highest BCUT2D eigenvalue weighted by molar-refractivity contribution is 6.04. The van der Waals surface area contributed by atoms with E-state index >= 15 is 0 Å². The Morgan fingerprint density at radius 3 is 2.76 bits per heavy atom. The van der Waals surface area contributed by atoms with Gasteiger partial charge in [0.2, 0.25) is 5.95 Å². The molecule has 6 heteroatoms. The molecule has 3 aromatic rings. The van der Waals surface area contributed by atoms with Crippen LogP contribution in [0.15, 0.2) is 48.5 Å². The van der Waals surface area contributed by atoms with Gasteiger partial charge in [0, 0.05) is 18.7 Å². The molecule has 1 aromatic heterocycles. The fourth-order valence-electron chi connectivity index (χ4n) is 3.99. The molecule has 1 fully saturated rings. The summed E-state index contributed by atoms with van der Waals surface area (Å²) in [5.74, 6) is 1.08. The average Bonchev–Trinajstić information content (AvgIpc) is 3.12. The molecule has 2 aromatic carbocycles. The van der Waals surface area contributed by atoms with Crippen LogP contribution in [0.2, 0.25) is 0 Å². The number of nitrogens with zero attached hydrogens (tertiary/aromatic N) is 2. The number of nitrogens with one attached hydrogen (secondary N) is 1. The number of benzene rings is 2. The van der Waals surface area contributed by atoms with E-state index in [-0.39, 0.29) is 5.91 Å². The molecule has 1 saturated carbocycles. The van der Waals surface area contributed by atoms with Crippen LogP contribution in [0.3, 0.4) is 0 Å². The normalized spacial score (nSPS) is 14.8. The Morgan fingerprint density at radius 1 is 1.10 bits per heavy atom. The minimum Gasteiger partial charge on any atom is -0.491 e.